The summed E-state index contributed by atoms with van der Waals surface area (Å²) < 4.78 is 0. The van der Waals surface area contributed by atoms with Gasteiger partial charge < -0.3 is 0 Å². The summed E-state index contributed by atoms with van der Waals surface area (Å²) in [6.07, 6.45) is 3.39. The van der Waals surface area contributed by atoms with Crippen molar-refractivity contribution in [3.63, 3.8) is 0 Å². The maximum Gasteiger partial charge on any atom is 0.193 e. The number of Topliss-reactive ketones (excluding diaryl/α,β-unsaturated/α-hetero) is 1. The Bertz CT molecular complexity index is 710. The highest BCUT2D eigenvalue weighted by Gasteiger charge is 2.37. The van der Waals surface area contributed by atoms with Crippen molar-refractivity contribution >= 4 is 11.6 Å². The van der Waals surface area contributed by atoms with Crippen LogP contribution in [0.25, 0.3) is 0 Å². The second kappa shape index (κ2) is 5.20. The lowest BCUT2D eigenvalue weighted by atomic mass is 9.67. The third-order valence-corrected chi connectivity index (χ3v) is 5.07. The van der Waals surface area contributed by atoms with E-state index in [1.807, 2.05) is 36.4 Å². The van der Waals surface area contributed by atoms with Crippen LogP contribution in [0, 0.1) is 5.92 Å². The van der Waals surface area contributed by atoms with E-state index in [-0.39, 0.29) is 11.7 Å². The smallest absolute Gasteiger partial charge is 0.193 e. The largest absolute Gasteiger partial charge is 0.300 e. The Labute approximate surface area is 130 Å². The van der Waals surface area contributed by atoms with E-state index in [1.165, 1.54) is 0 Å². The predicted octanol–water partition coefficient (Wildman–Crippen LogP) is 4.12. The molecule has 0 aliphatic heterocycles. The summed E-state index contributed by atoms with van der Waals surface area (Å²) in [6, 6.07) is 15.8. The average Bonchev–Trinajstić information content (AvgIpc) is 2.55. The second-order valence-corrected chi connectivity index (χ2v) is 6.38. The van der Waals surface area contributed by atoms with Gasteiger partial charge >= 0.3 is 0 Å². The van der Waals surface area contributed by atoms with Gasteiger partial charge in [0, 0.05) is 29.9 Å². The third-order valence-electron chi connectivity index (χ3n) is 5.07. The molecule has 0 unspecified atom stereocenters. The van der Waals surface area contributed by atoms with E-state index in [9.17, 15) is 9.59 Å². The van der Waals surface area contributed by atoms with Gasteiger partial charge in [-0.1, -0.05) is 48.5 Å². The fraction of sp³-hybridized carbons (Fsp3) is 0.300. The molecule has 2 aromatic carbocycles. The van der Waals surface area contributed by atoms with Crippen LogP contribution in [0.3, 0.4) is 0 Å². The number of benzene rings is 2. The minimum Gasteiger partial charge on any atom is -0.300 e. The summed E-state index contributed by atoms with van der Waals surface area (Å²) in [7, 11) is 0. The lowest BCUT2D eigenvalue weighted by Crippen LogP contribution is -2.28. The molecule has 2 heteroatoms. The fourth-order valence-electron chi connectivity index (χ4n) is 4.11. The number of ketones is 2. The molecule has 0 amide bonds. The highest BCUT2D eigenvalue weighted by Crippen LogP contribution is 2.45. The van der Waals surface area contributed by atoms with Gasteiger partial charge in [-0.2, -0.15) is 0 Å². The number of rotatable bonds is 1. The molecule has 2 aliphatic carbocycles. The van der Waals surface area contributed by atoms with E-state index in [0.717, 1.165) is 35.1 Å². The Balaban J connectivity index is 1.89. The van der Waals surface area contributed by atoms with Crippen LogP contribution >= 0.6 is 0 Å². The van der Waals surface area contributed by atoms with Crippen LogP contribution in [0.15, 0.2) is 48.5 Å². The van der Waals surface area contributed by atoms with Crippen molar-refractivity contribution in [2.75, 3.05) is 0 Å². The molecule has 4 rings (SSSR count). The van der Waals surface area contributed by atoms with Gasteiger partial charge in [0.15, 0.2) is 5.78 Å². The molecule has 0 spiro atoms. The molecule has 1 fully saturated rings. The van der Waals surface area contributed by atoms with Crippen LogP contribution in [0.1, 0.15) is 58.6 Å². The second-order valence-electron chi connectivity index (χ2n) is 6.38. The molecule has 1 atom stereocenters. The van der Waals surface area contributed by atoms with Crippen molar-refractivity contribution in [1.82, 2.24) is 0 Å². The molecule has 2 nitrogen and oxygen atoms in total. The van der Waals surface area contributed by atoms with E-state index < -0.39 is 0 Å². The molecule has 1 saturated carbocycles. The van der Waals surface area contributed by atoms with Crippen molar-refractivity contribution in [1.29, 1.82) is 0 Å². The van der Waals surface area contributed by atoms with Crippen molar-refractivity contribution in [3.05, 3.63) is 70.8 Å². The summed E-state index contributed by atoms with van der Waals surface area (Å²) in [5.74, 6) is 0.971. The monoisotopic (exact) mass is 290 g/mol. The van der Waals surface area contributed by atoms with E-state index in [4.69, 9.17) is 0 Å². The van der Waals surface area contributed by atoms with Gasteiger partial charge in [0.2, 0.25) is 0 Å². The zero-order chi connectivity index (χ0) is 15.1. The summed E-state index contributed by atoms with van der Waals surface area (Å²) in [4.78, 5) is 24.7. The standard InChI is InChI=1S/C20H18O2/c21-14-7-5-6-13(12-14)19-15-8-1-3-10-17(15)20(22)18-11-4-2-9-16(18)19/h1-4,8-11,13,19H,5-7,12H2/t13-/m0/s1. The van der Waals surface area contributed by atoms with Crippen molar-refractivity contribution < 1.29 is 9.59 Å². The van der Waals surface area contributed by atoms with Crippen molar-refractivity contribution in [3.8, 4) is 0 Å². The highest BCUT2D eigenvalue weighted by molar-refractivity contribution is 6.12. The van der Waals surface area contributed by atoms with E-state index in [0.29, 0.717) is 24.5 Å². The van der Waals surface area contributed by atoms with Gasteiger partial charge in [0.05, 0.1) is 0 Å². The minimum atomic E-state index is 0.115. The van der Waals surface area contributed by atoms with E-state index in [2.05, 4.69) is 12.1 Å². The summed E-state index contributed by atoms with van der Waals surface area (Å²) in [5.41, 5.74) is 3.82. The quantitative estimate of drug-likeness (QED) is 0.791. The normalized spacial score (nSPS) is 21.4. The first-order chi connectivity index (χ1) is 10.8. The maximum atomic E-state index is 12.7. The lowest BCUT2D eigenvalue weighted by Gasteiger charge is -2.35. The zero-order valence-corrected chi connectivity index (χ0v) is 12.4. The maximum absolute atomic E-state index is 12.7. The lowest BCUT2D eigenvalue weighted by molar-refractivity contribution is -0.121. The Kier molecular flexibility index (Phi) is 3.18. The molecule has 0 radical (unpaired) electrons. The summed E-state index contributed by atoms with van der Waals surface area (Å²) in [6.45, 7) is 0. The van der Waals surface area contributed by atoms with Gasteiger partial charge in [0.1, 0.15) is 5.78 Å². The molecule has 0 bridgehead atoms. The molecule has 22 heavy (non-hydrogen) atoms. The van der Waals surface area contributed by atoms with Gasteiger partial charge in [-0.05, 0) is 29.9 Å². The van der Waals surface area contributed by atoms with Crippen molar-refractivity contribution in [2.45, 2.75) is 31.6 Å². The van der Waals surface area contributed by atoms with Crippen molar-refractivity contribution in [2.24, 2.45) is 5.92 Å². The van der Waals surface area contributed by atoms with Crippen LogP contribution in [-0.2, 0) is 4.79 Å². The third kappa shape index (κ3) is 2.02. The number of carbonyl (C=O) groups excluding carboxylic acids is 2. The SMILES string of the molecule is O=C1CCC[C@H](C2c3ccccc3C(=O)c3ccccc32)C1. The van der Waals surface area contributed by atoms with Crippen LogP contribution in [0.4, 0.5) is 0 Å². The molecule has 2 aliphatic rings. The summed E-state index contributed by atoms with van der Waals surface area (Å²) >= 11 is 0. The molecule has 2 aromatic rings. The average molecular weight is 290 g/mol. The van der Waals surface area contributed by atoms with Gasteiger partial charge in [0.25, 0.3) is 0 Å². The molecular weight excluding hydrogens is 272 g/mol. The molecule has 0 aromatic heterocycles. The molecule has 0 N–H and O–H groups in total. The van der Waals surface area contributed by atoms with Gasteiger partial charge in [-0.25, -0.2) is 0 Å². The van der Waals surface area contributed by atoms with Crippen LogP contribution in [-0.4, -0.2) is 11.6 Å². The Morgan fingerprint density at radius 1 is 0.818 bits per heavy atom. The number of hydrogen-bond acceptors (Lipinski definition) is 2. The molecule has 110 valence electrons. The Hall–Kier alpha value is -2.22. The molecule has 0 saturated heterocycles. The van der Waals surface area contributed by atoms with E-state index >= 15 is 0 Å². The predicted molar refractivity (Wildman–Crippen MR) is 85.1 cm³/mol. The zero-order valence-electron chi connectivity index (χ0n) is 12.4. The molecular formula is C20H18O2. The Morgan fingerprint density at radius 3 is 2.00 bits per heavy atom. The van der Waals surface area contributed by atoms with Gasteiger partial charge in [-0.3, -0.25) is 9.59 Å². The van der Waals surface area contributed by atoms with Crippen LogP contribution in [0.5, 0.6) is 0 Å². The van der Waals surface area contributed by atoms with E-state index in [1.54, 1.807) is 0 Å². The van der Waals surface area contributed by atoms with Gasteiger partial charge in [-0.15, -0.1) is 0 Å². The number of hydrogen-bond donors (Lipinski definition) is 0. The number of carbonyl (C=O) groups is 2. The number of fused-ring (bicyclic) bond motifs is 2. The first kappa shape index (κ1) is 13.4. The van der Waals surface area contributed by atoms with Crippen LogP contribution in [0.2, 0.25) is 0 Å². The topological polar surface area (TPSA) is 34.1 Å². The summed E-state index contributed by atoms with van der Waals surface area (Å²) in [5, 5.41) is 0. The first-order valence-electron chi connectivity index (χ1n) is 8.00. The fourth-order valence-corrected chi connectivity index (χ4v) is 4.11. The Morgan fingerprint density at radius 2 is 1.41 bits per heavy atom. The highest BCUT2D eigenvalue weighted by atomic mass is 16.1. The molecule has 0 heterocycles. The van der Waals surface area contributed by atoms with Crippen LogP contribution < -0.4 is 0 Å². The minimum absolute atomic E-state index is 0.115. The first-order valence-corrected chi connectivity index (χ1v) is 8.00.